The van der Waals surface area contributed by atoms with Gasteiger partial charge in [0, 0.05) is 43.6 Å². The van der Waals surface area contributed by atoms with E-state index in [2.05, 4.69) is 26.0 Å². The second-order valence-corrected chi connectivity index (χ2v) is 8.86. The third-order valence-corrected chi connectivity index (χ3v) is 6.33. The van der Waals surface area contributed by atoms with Crippen LogP contribution in [-0.2, 0) is 0 Å². The number of amides is 2. The Bertz CT molecular complexity index is 976. The minimum Gasteiger partial charge on any atom is -0.485 e. The molecule has 1 fully saturated rings. The molecule has 2 aliphatic rings. The number of anilines is 1. The Labute approximate surface area is 191 Å². The molecule has 2 amide bonds. The number of piperidine rings is 1. The smallest absolute Gasteiger partial charge is 0.422 e. The second kappa shape index (κ2) is 8.82. The van der Waals surface area contributed by atoms with Crippen molar-refractivity contribution in [3.05, 3.63) is 52.5 Å². The van der Waals surface area contributed by atoms with Gasteiger partial charge in [0.15, 0.2) is 6.61 Å². The average Bonchev–Trinajstić information content (AvgIpc) is 2.74. The number of aliphatic hydroxyl groups excluding tert-OH is 1. The molecule has 1 saturated heterocycles. The van der Waals surface area contributed by atoms with Gasteiger partial charge >= 0.3 is 12.2 Å². The maximum absolute atomic E-state index is 12.6. The molecular formula is C22H22BrF3N2O4. The molecule has 4 rings (SSSR count). The van der Waals surface area contributed by atoms with E-state index >= 15 is 0 Å². The Morgan fingerprint density at radius 3 is 2.56 bits per heavy atom. The van der Waals surface area contributed by atoms with E-state index < -0.39 is 24.5 Å². The minimum absolute atomic E-state index is 0.0692. The van der Waals surface area contributed by atoms with Crippen molar-refractivity contribution in [2.45, 2.75) is 37.1 Å². The third kappa shape index (κ3) is 5.12. The van der Waals surface area contributed by atoms with E-state index in [0.29, 0.717) is 43.8 Å². The predicted octanol–water partition coefficient (Wildman–Crippen LogP) is 5.27. The molecule has 2 aromatic carbocycles. The first kappa shape index (κ1) is 22.7. The number of benzene rings is 2. The van der Waals surface area contributed by atoms with E-state index in [0.717, 1.165) is 10.0 Å². The number of rotatable bonds is 3. The number of halogens is 4. The van der Waals surface area contributed by atoms with E-state index in [4.69, 9.17) is 4.74 Å². The summed E-state index contributed by atoms with van der Waals surface area (Å²) in [6, 6.07) is 11.0. The molecule has 172 valence electrons. The molecule has 0 aliphatic carbocycles. The van der Waals surface area contributed by atoms with Crippen LogP contribution in [0.2, 0.25) is 0 Å². The second-order valence-electron chi connectivity index (χ2n) is 8.01. The molecule has 2 aromatic rings. The number of carbonyl (C=O) groups is 1. The average molecular weight is 515 g/mol. The fourth-order valence-corrected chi connectivity index (χ4v) is 4.50. The van der Waals surface area contributed by atoms with Crippen molar-refractivity contribution in [3.63, 3.8) is 0 Å². The molecule has 1 atom stereocenters. The van der Waals surface area contributed by atoms with Crippen LogP contribution in [0.4, 0.5) is 23.7 Å². The first-order valence-corrected chi connectivity index (χ1v) is 10.9. The molecule has 2 N–H and O–H groups in total. The molecular weight excluding hydrogens is 493 g/mol. The molecule has 1 unspecified atom stereocenters. The molecule has 1 spiro atoms. The lowest BCUT2D eigenvalue weighted by atomic mass is 9.82. The van der Waals surface area contributed by atoms with Crippen molar-refractivity contribution in [1.82, 2.24) is 4.90 Å². The van der Waals surface area contributed by atoms with Crippen LogP contribution in [0, 0.1) is 0 Å². The van der Waals surface area contributed by atoms with Crippen LogP contribution in [0.3, 0.4) is 0 Å². The van der Waals surface area contributed by atoms with Crippen LogP contribution in [0.1, 0.15) is 30.9 Å². The van der Waals surface area contributed by atoms with Gasteiger partial charge in [-0.2, -0.15) is 13.2 Å². The van der Waals surface area contributed by atoms with Gasteiger partial charge in [0.05, 0.1) is 10.6 Å². The van der Waals surface area contributed by atoms with Crippen molar-refractivity contribution in [2.75, 3.05) is 25.0 Å². The molecule has 32 heavy (non-hydrogen) atoms. The largest absolute Gasteiger partial charge is 0.485 e. The third-order valence-electron chi connectivity index (χ3n) is 5.71. The van der Waals surface area contributed by atoms with Crippen LogP contribution >= 0.6 is 15.9 Å². The van der Waals surface area contributed by atoms with E-state index in [9.17, 15) is 23.1 Å². The van der Waals surface area contributed by atoms with Crippen LogP contribution in [-0.4, -0.2) is 47.5 Å². The summed E-state index contributed by atoms with van der Waals surface area (Å²) in [5.74, 6) is 0.719. The van der Waals surface area contributed by atoms with Gasteiger partial charge < -0.3 is 24.8 Å². The highest BCUT2D eigenvalue weighted by atomic mass is 79.9. The number of likely N-dealkylation sites (tertiary alicyclic amines) is 1. The number of hydrogen-bond acceptors (Lipinski definition) is 4. The zero-order valence-electron chi connectivity index (χ0n) is 17.0. The highest BCUT2D eigenvalue weighted by molar-refractivity contribution is 9.10. The molecule has 0 saturated carbocycles. The van der Waals surface area contributed by atoms with Crippen molar-refractivity contribution in [2.24, 2.45) is 0 Å². The summed E-state index contributed by atoms with van der Waals surface area (Å²) in [4.78, 5) is 14.3. The number of carbonyl (C=O) groups excluding carboxylic acids is 1. The van der Waals surface area contributed by atoms with Crippen molar-refractivity contribution in [3.8, 4) is 11.5 Å². The van der Waals surface area contributed by atoms with Gasteiger partial charge in [-0.15, -0.1) is 0 Å². The van der Waals surface area contributed by atoms with Crippen molar-refractivity contribution >= 4 is 27.6 Å². The SMILES string of the molecule is O=C(Nc1ccc(OCC(F)(F)F)cc1)N1CCC2(CC1)CC(O)c1cccc(Br)c1O2. The monoisotopic (exact) mass is 514 g/mol. The number of aliphatic hydroxyl groups is 1. The molecule has 0 bridgehead atoms. The fourth-order valence-electron chi connectivity index (χ4n) is 4.04. The summed E-state index contributed by atoms with van der Waals surface area (Å²) in [6.45, 7) is -0.470. The zero-order chi connectivity index (χ0) is 22.9. The number of fused-ring (bicyclic) bond motifs is 1. The highest BCUT2D eigenvalue weighted by Crippen LogP contribution is 2.47. The Morgan fingerprint density at radius 1 is 1.22 bits per heavy atom. The van der Waals surface area contributed by atoms with Crippen LogP contribution in [0.5, 0.6) is 11.5 Å². The summed E-state index contributed by atoms with van der Waals surface area (Å²) in [5, 5.41) is 13.4. The maximum Gasteiger partial charge on any atom is 0.422 e. The summed E-state index contributed by atoms with van der Waals surface area (Å²) in [5.41, 5.74) is 0.675. The molecule has 2 heterocycles. The summed E-state index contributed by atoms with van der Waals surface area (Å²) >= 11 is 3.48. The maximum atomic E-state index is 12.6. The number of ether oxygens (including phenoxy) is 2. The molecule has 0 aromatic heterocycles. The van der Waals surface area contributed by atoms with Crippen LogP contribution < -0.4 is 14.8 Å². The molecule has 6 nitrogen and oxygen atoms in total. The Balaban J connectivity index is 1.33. The van der Waals surface area contributed by atoms with Gasteiger partial charge in [-0.3, -0.25) is 0 Å². The number of alkyl halides is 3. The highest BCUT2D eigenvalue weighted by Gasteiger charge is 2.44. The fraction of sp³-hybridized carbons (Fsp3) is 0.409. The van der Waals surface area contributed by atoms with Gasteiger partial charge in [-0.05, 0) is 46.3 Å². The normalized spacial score (nSPS) is 19.8. The van der Waals surface area contributed by atoms with E-state index in [1.54, 1.807) is 4.90 Å². The number of para-hydroxylation sites is 1. The summed E-state index contributed by atoms with van der Waals surface area (Å²) in [7, 11) is 0. The lowest BCUT2D eigenvalue weighted by Gasteiger charge is -2.46. The number of nitrogens with zero attached hydrogens (tertiary/aromatic N) is 1. The van der Waals surface area contributed by atoms with E-state index in [1.807, 2.05) is 18.2 Å². The van der Waals surface area contributed by atoms with Crippen molar-refractivity contribution in [1.29, 1.82) is 0 Å². The van der Waals surface area contributed by atoms with Gasteiger partial charge in [-0.25, -0.2) is 4.79 Å². The first-order chi connectivity index (χ1) is 15.1. The summed E-state index contributed by atoms with van der Waals surface area (Å²) in [6.07, 6.45) is -3.43. The number of urea groups is 1. The minimum atomic E-state index is -4.41. The van der Waals surface area contributed by atoms with Crippen LogP contribution in [0.25, 0.3) is 0 Å². The van der Waals surface area contributed by atoms with Gasteiger partial charge in [0.1, 0.15) is 17.1 Å². The number of hydrogen-bond donors (Lipinski definition) is 2. The molecule has 0 radical (unpaired) electrons. The zero-order valence-corrected chi connectivity index (χ0v) is 18.6. The lowest BCUT2D eigenvalue weighted by Crippen LogP contribution is -2.52. The topological polar surface area (TPSA) is 71.0 Å². The Morgan fingerprint density at radius 2 is 1.91 bits per heavy atom. The summed E-state index contributed by atoms with van der Waals surface area (Å²) < 4.78 is 48.5. The van der Waals surface area contributed by atoms with Gasteiger partial charge in [0.25, 0.3) is 0 Å². The number of nitrogens with one attached hydrogen (secondary N) is 1. The quantitative estimate of drug-likeness (QED) is 0.585. The molecule has 10 heteroatoms. The Hall–Kier alpha value is -2.46. The molecule has 2 aliphatic heterocycles. The van der Waals surface area contributed by atoms with Gasteiger partial charge in [-0.1, -0.05) is 12.1 Å². The van der Waals surface area contributed by atoms with Gasteiger partial charge in [0.2, 0.25) is 0 Å². The predicted molar refractivity (Wildman–Crippen MR) is 115 cm³/mol. The Kier molecular flexibility index (Phi) is 6.26. The van der Waals surface area contributed by atoms with E-state index in [1.165, 1.54) is 24.3 Å². The van der Waals surface area contributed by atoms with Crippen LogP contribution in [0.15, 0.2) is 46.9 Å². The van der Waals surface area contributed by atoms with E-state index in [-0.39, 0.29) is 11.8 Å². The lowest BCUT2D eigenvalue weighted by molar-refractivity contribution is -0.153. The standard InChI is InChI=1S/C22H22BrF3N2O4/c23-17-3-1-2-16-18(29)12-21(32-19(16)17)8-10-28(11-9-21)20(30)27-14-4-6-15(7-5-14)31-13-22(24,25)26/h1-7,18,29H,8-13H2,(H,27,30). The first-order valence-electron chi connectivity index (χ1n) is 10.2. The van der Waals surface area contributed by atoms with Crippen molar-refractivity contribution < 1.29 is 32.5 Å².